The van der Waals surface area contributed by atoms with Crippen LogP contribution in [0, 0.1) is 11.7 Å². The van der Waals surface area contributed by atoms with Crippen molar-refractivity contribution in [1.82, 2.24) is 15.3 Å². The number of nitrogens with one attached hydrogen (secondary N) is 2. The first-order chi connectivity index (χ1) is 16.6. The molecule has 6 nitrogen and oxygen atoms in total. The highest BCUT2D eigenvalue weighted by atomic mass is 19.4. The van der Waals surface area contributed by atoms with Crippen molar-refractivity contribution in [3.05, 3.63) is 46.4 Å². The first-order valence-corrected chi connectivity index (χ1v) is 12.1. The second kappa shape index (κ2) is 10.4. The fraction of sp³-hybridized carbons (Fsp3) is 0.560. The molecule has 10 heteroatoms. The predicted molar refractivity (Wildman–Crippen MR) is 126 cm³/mol. The normalized spacial score (nSPS) is 20.2. The van der Waals surface area contributed by atoms with Gasteiger partial charge in [0.1, 0.15) is 11.6 Å². The molecular weight excluding hydrogens is 462 g/mol. The summed E-state index contributed by atoms with van der Waals surface area (Å²) in [5, 5.41) is 6.08. The summed E-state index contributed by atoms with van der Waals surface area (Å²) in [5.41, 5.74) is 0.342. The Hall–Kier alpha value is -2.91. The summed E-state index contributed by atoms with van der Waals surface area (Å²) < 4.78 is 53.0. The van der Waals surface area contributed by atoms with Gasteiger partial charge < -0.3 is 15.5 Å². The standard InChI is InChI=1S/C25H31F4N5O/c1-34(2)22-17-6-3-4-9-20(17)32-24(33-22)31-16-12-10-15(11-13-16)14-30-23(35)18-7-5-8-19(21(18)26)25(27,28)29/h5,7-8,15-16H,3-4,6,9-14H2,1-2H3,(H,30,35)(H,31,32,33)/t15-,16+. The van der Waals surface area contributed by atoms with Crippen LogP contribution in [-0.4, -0.2) is 42.6 Å². The number of hydrogen-bond acceptors (Lipinski definition) is 5. The molecule has 0 atom stereocenters. The maximum atomic E-state index is 14.2. The van der Waals surface area contributed by atoms with Gasteiger partial charge in [0.2, 0.25) is 5.95 Å². The lowest BCUT2D eigenvalue weighted by molar-refractivity contribution is -0.140. The van der Waals surface area contributed by atoms with Gasteiger partial charge in [0.25, 0.3) is 5.91 Å². The molecule has 1 heterocycles. The van der Waals surface area contributed by atoms with E-state index in [9.17, 15) is 22.4 Å². The van der Waals surface area contributed by atoms with Crippen molar-refractivity contribution in [1.29, 1.82) is 0 Å². The van der Waals surface area contributed by atoms with Gasteiger partial charge in [-0.15, -0.1) is 0 Å². The molecule has 0 aliphatic heterocycles. The number of aryl methyl sites for hydroxylation is 1. The molecule has 1 aromatic carbocycles. The second-order valence-corrected chi connectivity index (χ2v) is 9.63. The lowest BCUT2D eigenvalue weighted by Gasteiger charge is -2.30. The van der Waals surface area contributed by atoms with Gasteiger partial charge in [0, 0.05) is 32.2 Å². The van der Waals surface area contributed by atoms with Crippen LogP contribution in [0.5, 0.6) is 0 Å². The zero-order valence-corrected chi connectivity index (χ0v) is 20.0. The van der Waals surface area contributed by atoms with Crippen LogP contribution < -0.4 is 15.5 Å². The van der Waals surface area contributed by atoms with Crippen molar-refractivity contribution in [3.63, 3.8) is 0 Å². The highest BCUT2D eigenvalue weighted by Gasteiger charge is 2.35. The van der Waals surface area contributed by atoms with Crippen molar-refractivity contribution in [3.8, 4) is 0 Å². The van der Waals surface area contributed by atoms with E-state index in [4.69, 9.17) is 9.97 Å². The zero-order valence-electron chi connectivity index (χ0n) is 20.0. The van der Waals surface area contributed by atoms with Crippen molar-refractivity contribution >= 4 is 17.7 Å². The molecule has 2 N–H and O–H groups in total. The van der Waals surface area contributed by atoms with Gasteiger partial charge in [-0.2, -0.15) is 18.2 Å². The molecule has 1 aromatic heterocycles. The Balaban J connectivity index is 1.31. The Bertz CT molecular complexity index is 1060. The van der Waals surface area contributed by atoms with Crippen LogP contribution in [0.15, 0.2) is 18.2 Å². The van der Waals surface area contributed by atoms with Gasteiger partial charge in [-0.1, -0.05) is 6.07 Å². The molecule has 2 aliphatic rings. The third-order valence-electron chi connectivity index (χ3n) is 6.86. The molecule has 1 fully saturated rings. The second-order valence-electron chi connectivity index (χ2n) is 9.63. The number of benzene rings is 1. The first-order valence-electron chi connectivity index (χ1n) is 12.1. The topological polar surface area (TPSA) is 70.2 Å². The van der Waals surface area contributed by atoms with Crippen LogP contribution in [0.4, 0.5) is 29.3 Å². The lowest BCUT2D eigenvalue weighted by Crippen LogP contribution is -2.35. The van der Waals surface area contributed by atoms with Crippen LogP contribution in [0.2, 0.25) is 0 Å². The summed E-state index contributed by atoms with van der Waals surface area (Å²) >= 11 is 0. The number of fused-ring (bicyclic) bond motifs is 1. The van der Waals surface area contributed by atoms with E-state index in [1.807, 2.05) is 19.0 Å². The average molecular weight is 494 g/mol. The van der Waals surface area contributed by atoms with Crippen molar-refractivity contribution in [2.75, 3.05) is 30.9 Å². The summed E-state index contributed by atoms with van der Waals surface area (Å²) in [6.45, 7) is 0.293. The largest absolute Gasteiger partial charge is 0.419 e. The molecule has 1 saturated carbocycles. The maximum absolute atomic E-state index is 14.2. The highest BCUT2D eigenvalue weighted by molar-refractivity contribution is 5.94. The fourth-order valence-electron chi connectivity index (χ4n) is 4.96. The van der Waals surface area contributed by atoms with Gasteiger partial charge in [-0.3, -0.25) is 4.79 Å². The zero-order chi connectivity index (χ0) is 25.2. The number of anilines is 2. The molecule has 2 aliphatic carbocycles. The minimum Gasteiger partial charge on any atom is -0.362 e. The number of hydrogen-bond donors (Lipinski definition) is 2. The van der Waals surface area contributed by atoms with Crippen LogP contribution in [0.3, 0.4) is 0 Å². The highest BCUT2D eigenvalue weighted by Crippen LogP contribution is 2.33. The lowest BCUT2D eigenvalue weighted by atomic mass is 9.86. The molecule has 2 aromatic rings. The first kappa shape index (κ1) is 25.2. The van der Waals surface area contributed by atoms with Gasteiger partial charge in [0.05, 0.1) is 16.8 Å². The van der Waals surface area contributed by atoms with Gasteiger partial charge >= 0.3 is 6.18 Å². The van der Waals surface area contributed by atoms with E-state index < -0.39 is 29.0 Å². The molecular formula is C25H31F4N5O. The van der Waals surface area contributed by atoms with Gasteiger partial charge in [-0.25, -0.2) is 9.37 Å². The number of halogens is 4. The molecule has 0 spiro atoms. The average Bonchev–Trinajstić information content (AvgIpc) is 2.82. The SMILES string of the molecule is CN(C)c1nc(N[C@H]2CC[C@@H](CNC(=O)c3cccc(C(F)(F)F)c3F)CC2)nc2c1CCCC2. The molecule has 4 rings (SSSR count). The Kier molecular flexibility index (Phi) is 7.47. The molecule has 35 heavy (non-hydrogen) atoms. The van der Waals surface area contributed by atoms with E-state index in [1.165, 1.54) is 5.56 Å². The molecule has 0 bridgehead atoms. The Morgan fingerprint density at radius 1 is 1.09 bits per heavy atom. The van der Waals surface area contributed by atoms with Crippen LogP contribution in [-0.2, 0) is 19.0 Å². The number of amides is 1. The summed E-state index contributed by atoms with van der Waals surface area (Å²) in [6, 6.07) is 2.96. The number of alkyl halides is 3. The number of carbonyl (C=O) groups excluding carboxylic acids is 1. The molecule has 1 amide bonds. The van der Waals surface area contributed by atoms with Gasteiger partial charge in [0.15, 0.2) is 0 Å². The van der Waals surface area contributed by atoms with Crippen molar-refractivity contribution < 1.29 is 22.4 Å². The summed E-state index contributed by atoms with van der Waals surface area (Å²) in [7, 11) is 3.98. The number of rotatable bonds is 6. The smallest absolute Gasteiger partial charge is 0.362 e. The van der Waals surface area contributed by atoms with Crippen LogP contribution in [0.1, 0.15) is 65.7 Å². The maximum Gasteiger partial charge on any atom is 0.419 e. The minimum absolute atomic E-state index is 0.174. The third-order valence-corrected chi connectivity index (χ3v) is 6.86. The van der Waals surface area contributed by atoms with E-state index >= 15 is 0 Å². The van der Waals surface area contributed by atoms with E-state index in [0.717, 1.165) is 75.0 Å². The Morgan fingerprint density at radius 2 is 1.80 bits per heavy atom. The van der Waals surface area contributed by atoms with Gasteiger partial charge in [-0.05, 0) is 69.4 Å². The van der Waals surface area contributed by atoms with E-state index in [2.05, 4.69) is 10.6 Å². The monoisotopic (exact) mass is 493 g/mol. The molecule has 0 radical (unpaired) electrons. The predicted octanol–water partition coefficient (Wildman–Crippen LogP) is 4.98. The minimum atomic E-state index is -4.85. The van der Waals surface area contributed by atoms with E-state index in [-0.39, 0.29) is 12.0 Å². The number of carbonyl (C=O) groups is 1. The molecule has 0 saturated heterocycles. The van der Waals surface area contributed by atoms with Crippen molar-refractivity contribution in [2.24, 2.45) is 5.92 Å². The molecule has 190 valence electrons. The van der Waals surface area contributed by atoms with E-state index in [0.29, 0.717) is 18.6 Å². The van der Waals surface area contributed by atoms with Crippen molar-refractivity contribution in [2.45, 2.75) is 63.6 Å². The number of nitrogens with zero attached hydrogens (tertiary/aromatic N) is 3. The van der Waals surface area contributed by atoms with E-state index in [1.54, 1.807) is 0 Å². The Labute approximate surface area is 202 Å². The summed E-state index contributed by atoms with van der Waals surface area (Å²) in [5.74, 6) is -0.575. The third kappa shape index (κ3) is 5.85. The summed E-state index contributed by atoms with van der Waals surface area (Å²) in [6.07, 6.45) is 2.79. The summed E-state index contributed by atoms with van der Waals surface area (Å²) in [4.78, 5) is 23.9. The fourth-order valence-corrected chi connectivity index (χ4v) is 4.96. The quantitative estimate of drug-likeness (QED) is 0.556. The molecule has 0 unspecified atom stereocenters. The van der Waals surface area contributed by atoms with Crippen LogP contribution >= 0.6 is 0 Å². The number of aromatic nitrogens is 2. The van der Waals surface area contributed by atoms with Crippen LogP contribution in [0.25, 0.3) is 0 Å². The Morgan fingerprint density at radius 3 is 2.49 bits per heavy atom.